The van der Waals surface area contributed by atoms with Crippen LogP contribution in [-0.2, 0) is 0 Å². The van der Waals surface area contributed by atoms with E-state index in [1.165, 1.54) is 11.3 Å². The van der Waals surface area contributed by atoms with Crippen molar-refractivity contribution in [3.63, 3.8) is 0 Å². The normalized spacial score (nSPS) is 19.9. The molecule has 0 bridgehead atoms. The predicted octanol–water partition coefficient (Wildman–Crippen LogP) is 2.27. The standard InChI is InChI=1S/C12H17ClN2OS/c1-9(15-7-2-5-14-6-8-15)12(16)10-3-4-11(13)17-10/h3-4,9,14H,2,5-8H2,1H3. The average Bonchev–Trinajstić information content (AvgIpc) is 2.60. The molecular weight excluding hydrogens is 256 g/mol. The number of hydrogen-bond donors (Lipinski definition) is 1. The van der Waals surface area contributed by atoms with Gasteiger partial charge in [-0.25, -0.2) is 0 Å². The molecule has 1 aromatic heterocycles. The summed E-state index contributed by atoms with van der Waals surface area (Å²) in [5.74, 6) is 0.184. The number of nitrogens with one attached hydrogen (secondary N) is 1. The molecular formula is C12H17ClN2OS. The number of nitrogens with zero attached hydrogens (tertiary/aromatic N) is 1. The van der Waals surface area contributed by atoms with Crippen molar-refractivity contribution >= 4 is 28.7 Å². The van der Waals surface area contributed by atoms with Crippen molar-refractivity contribution in [1.82, 2.24) is 10.2 Å². The van der Waals surface area contributed by atoms with Crippen molar-refractivity contribution in [2.24, 2.45) is 0 Å². The van der Waals surface area contributed by atoms with Crippen molar-refractivity contribution in [1.29, 1.82) is 0 Å². The second kappa shape index (κ2) is 5.96. The summed E-state index contributed by atoms with van der Waals surface area (Å²) < 4.78 is 0.679. The minimum absolute atomic E-state index is 0.0513. The second-order valence-electron chi connectivity index (χ2n) is 4.28. The number of halogens is 1. The highest BCUT2D eigenvalue weighted by Crippen LogP contribution is 2.23. The molecule has 2 rings (SSSR count). The summed E-state index contributed by atoms with van der Waals surface area (Å²) in [6, 6.07) is 3.56. The molecule has 0 amide bonds. The van der Waals surface area contributed by atoms with Gasteiger partial charge in [0.1, 0.15) is 0 Å². The SMILES string of the molecule is CC(C(=O)c1ccc(Cl)s1)N1CCCNCC1. The first-order valence-corrected chi connectivity index (χ1v) is 7.12. The van der Waals surface area contributed by atoms with Crippen LogP contribution >= 0.6 is 22.9 Å². The fourth-order valence-electron chi connectivity index (χ4n) is 2.07. The van der Waals surface area contributed by atoms with Gasteiger partial charge in [-0.2, -0.15) is 0 Å². The zero-order valence-electron chi connectivity index (χ0n) is 9.91. The van der Waals surface area contributed by atoms with Gasteiger partial charge >= 0.3 is 0 Å². The Hall–Kier alpha value is -0.420. The number of Topliss-reactive ketones (excluding diaryl/α,β-unsaturated/α-hetero) is 1. The number of carbonyl (C=O) groups is 1. The van der Waals surface area contributed by atoms with Crippen LogP contribution in [-0.4, -0.2) is 42.9 Å². The number of hydrogen-bond acceptors (Lipinski definition) is 4. The lowest BCUT2D eigenvalue weighted by atomic mass is 10.1. The molecule has 1 aromatic rings. The van der Waals surface area contributed by atoms with E-state index in [0.29, 0.717) is 4.34 Å². The van der Waals surface area contributed by atoms with E-state index in [-0.39, 0.29) is 11.8 Å². The van der Waals surface area contributed by atoms with Crippen LogP contribution in [0.5, 0.6) is 0 Å². The van der Waals surface area contributed by atoms with E-state index in [1.807, 2.05) is 13.0 Å². The van der Waals surface area contributed by atoms with Gasteiger partial charge in [0.05, 0.1) is 15.3 Å². The topological polar surface area (TPSA) is 32.3 Å². The molecule has 94 valence electrons. The molecule has 2 heterocycles. The third-order valence-corrected chi connectivity index (χ3v) is 4.36. The van der Waals surface area contributed by atoms with Gasteiger partial charge in [-0.1, -0.05) is 11.6 Å². The van der Waals surface area contributed by atoms with E-state index < -0.39 is 0 Å². The van der Waals surface area contributed by atoms with Crippen LogP contribution in [0.2, 0.25) is 4.34 Å². The summed E-state index contributed by atoms with van der Waals surface area (Å²) in [6.07, 6.45) is 1.10. The Morgan fingerprint density at radius 1 is 1.47 bits per heavy atom. The maximum Gasteiger partial charge on any atom is 0.189 e. The Morgan fingerprint density at radius 3 is 3.00 bits per heavy atom. The Balaban J connectivity index is 2.03. The van der Waals surface area contributed by atoms with Crippen LogP contribution in [0, 0.1) is 0 Å². The highest BCUT2D eigenvalue weighted by Gasteiger charge is 2.23. The molecule has 0 radical (unpaired) electrons. The Bertz CT molecular complexity index is 386. The van der Waals surface area contributed by atoms with E-state index in [4.69, 9.17) is 11.6 Å². The highest BCUT2D eigenvalue weighted by molar-refractivity contribution is 7.18. The molecule has 17 heavy (non-hydrogen) atoms. The molecule has 0 aliphatic carbocycles. The third kappa shape index (κ3) is 3.28. The molecule has 1 N–H and O–H groups in total. The maximum absolute atomic E-state index is 12.3. The molecule has 1 unspecified atom stereocenters. The lowest BCUT2D eigenvalue weighted by Crippen LogP contribution is -2.40. The van der Waals surface area contributed by atoms with Crippen LogP contribution < -0.4 is 5.32 Å². The van der Waals surface area contributed by atoms with Crippen molar-refractivity contribution in [3.8, 4) is 0 Å². The zero-order chi connectivity index (χ0) is 12.3. The molecule has 5 heteroatoms. The summed E-state index contributed by atoms with van der Waals surface area (Å²) in [7, 11) is 0. The van der Waals surface area contributed by atoms with Crippen LogP contribution in [0.25, 0.3) is 0 Å². The number of thiophene rings is 1. The van der Waals surface area contributed by atoms with Gasteiger partial charge in [-0.3, -0.25) is 9.69 Å². The first-order chi connectivity index (χ1) is 8.18. The fraction of sp³-hybridized carbons (Fsp3) is 0.583. The van der Waals surface area contributed by atoms with Gasteiger partial charge in [-0.05, 0) is 32.0 Å². The smallest absolute Gasteiger partial charge is 0.189 e. The third-order valence-electron chi connectivity index (χ3n) is 3.12. The predicted molar refractivity (Wildman–Crippen MR) is 72.2 cm³/mol. The molecule has 1 saturated heterocycles. The van der Waals surface area contributed by atoms with E-state index in [9.17, 15) is 4.79 Å². The van der Waals surface area contributed by atoms with Crippen LogP contribution in [0.1, 0.15) is 23.0 Å². The molecule has 1 atom stereocenters. The van der Waals surface area contributed by atoms with E-state index in [0.717, 1.165) is 37.5 Å². The monoisotopic (exact) mass is 272 g/mol. The minimum Gasteiger partial charge on any atom is -0.315 e. The molecule has 1 aliphatic rings. The van der Waals surface area contributed by atoms with Crippen LogP contribution in [0.15, 0.2) is 12.1 Å². The van der Waals surface area contributed by atoms with E-state index >= 15 is 0 Å². The summed E-state index contributed by atoms with van der Waals surface area (Å²) in [5.41, 5.74) is 0. The van der Waals surface area contributed by atoms with Crippen molar-refractivity contribution in [3.05, 3.63) is 21.3 Å². The van der Waals surface area contributed by atoms with Crippen molar-refractivity contribution < 1.29 is 4.79 Å². The summed E-state index contributed by atoms with van der Waals surface area (Å²) in [5, 5.41) is 3.34. The molecule has 0 aromatic carbocycles. The number of rotatable bonds is 3. The molecule has 0 saturated carbocycles. The second-order valence-corrected chi connectivity index (χ2v) is 6.00. The van der Waals surface area contributed by atoms with Crippen LogP contribution in [0.4, 0.5) is 0 Å². The summed E-state index contributed by atoms with van der Waals surface area (Å²) >= 11 is 7.23. The lowest BCUT2D eigenvalue weighted by molar-refractivity contribution is 0.0851. The Labute approximate surface area is 111 Å². The minimum atomic E-state index is -0.0513. The Morgan fingerprint density at radius 2 is 2.29 bits per heavy atom. The number of carbonyl (C=O) groups excluding carboxylic acids is 1. The lowest BCUT2D eigenvalue weighted by Gasteiger charge is -2.25. The van der Waals surface area contributed by atoms with Gasteiger partial charge in [0, 0.05) is 19.6 Å². The molecule has 3 nitrogen and oxygen atoms in total. The van der Waals surface area contributed by atoms with E-state index in [1.54, 1.807) is 6.07 Å². The summed E-state index contributed by atoms with van der Waals surface area (Å²) in [4.78, 5) is 15.3. The maximum atomic E-state index is 12.3. The van der Waals surface area contributed by atoms with Gasteiger partial charge in [0.25, 0.3) is 0 Å². The first kappa shape index (κ1) is 13.0. The van der Waals surface area contributed by atoms with Gasteiger partial charge < -0.3 is 5.32 Å². The average molecular weight is 273 g/mol. The largest absolute Gasteiger partial charge is 0.315 e. The van der Waals surface area contributed by atoms with Gasteiger partial charge in [0.2, 0.25) is 0 Å². The molecule has 0 spiro atoms. The quantitative estimate of drug-likeness (QED) is 0.857. The summed E-state index contributed by atoms with van der Waals surface area (Å²) in [6.45, 7) is 5.91. The van der Waals surface area contributed by atoms with Gasteiger partial charge in [0.15, 0.2) is 5.78 Å². The van der Waals surface area contributed by atoms with Gasteiger partial charge in [-0.15, -0.1) is 11.3 Å². The molecule has 1 aliphatic heterocycles. The van der Waals surface area contributed by atoms with Crippen molar-refractivity contribution in [2.45, 2.75) is 19.4 Å². The zero-order valence-corrected chi connectivity index (χ0v) is 11.5. The van der Waals surface area contributed by atoms with Crippen molar-refractivity contribution in [2.75, 3.05) is 26.2 Å². The van der Waals surface area contributed by atoms with E-state index in [2.05, 4.69) is 10.2 Å². The number of ketones is 1. The molecule has 1 fully saturated rings. The van der Waals surface area contributed by atoms with Crippen LogP contribution in [0.3, 0.4) is 0 Å². The first-order valence-electron chi connectivity index (χ1n) is 5.93. The highest BCUT2D eigenvalue weighted by atomic mass is 35.5. The Kier molecular flexibility index (Phi) is 4.56. The fourth-order valence-corrected chi connectivity index (χ4v) is 3.14.